The van der Waals surface area contributed by atoms with E-state index in [0.717, 1.165) is 43.4 Å². The Kier molecular flexibility index (Phi) is 3.57. The van der Waals surface area contributed by atoms with Gasteiger partial charge in [-0.15, -0.1) is 0 Å². The van der Waals surface area contributed by atoms with Crippen molar-refractivity contribution < 1.29 is 9.47 Å². The van der Waals surface area contributed by atoms with Crippen LogP contribution < -0.4 is 15.0 Å². The quantitative estimate of drug-likeness (QED) is 0.824. The van der Waals surface area contributed by atoms with Crippen LogP contribution in [0.15, 0.2) is 12.1 Å². The van der Waals surface area contributed by atoms with E-state index in [2.05, 4.69) is 41.2 Å². The van der Waals surface area contributed by atoms with Gasteiger partial charge in [-0.3, -0.25) is 0 Å². The molecule has 1 aromatic rings. The Morgan fingerprint density at radius 3 is 2.84 bits per heavy atom. The Bertz CT molecular complexity index is 442. The third-order valence-corrected chi connectivity index (χ3v) is 3.50. The van der Waals surface area contributed by atoms with Gasteiger partial charge in [-0.05, 0) is 26.0 Å². The first-order valence-electron chi connectivity index (χ1n) is 6.96. The fourth-order valence-corrected chi connectivity index (χ4v) is 2.70. The van der Waals surface area contributed by atoms with Crippen molar-refractivity contribution in [1.82, 2.24) is 10.3 Å². The maximum atomic E-state index is 5.76. The molecule has 1 saturated heterocycles. The first-order valence-corrected chi connectivity index (χ1v) is 6.96. The van der Waals surface area contributed by atoms with Gasteiger partial charge in [0, 0.05) is 31.7 Å². The van der Waals surface area contributed by atoms with Crippen LogP contribution in [0.1, 0.15) is 19.4 Å². The van der Waals surface area contributed by atoms with Gasteiger partial charge in [-0.25, -0.2) is 0 Å². The lowest BCUT2D eigenvalue weighted by molar-refractivity contribution is -0.00549. The van der Waals surface area contributed by atoms with E-state index in [9.17, 15) is 0 Å². The Morgan fingerprint density at radius 2 is 2.05 bits per heavy atom. The predicted octanol–water partition coefficient (Wildman–Crippen LogP) is 1.18. The van der Waals surface area contributed by atoms with Gasteiger partial charge in [0.2, 0.25) is 5.88 Å². The van der Waals surface area contributed by atoms with Crippen LogP contribution in [-0.4, -0.2) is 43.4 Å². The molecule has 0 saturated carbocycles. The standard InChI is InChI=1S/C14H21N3O2/c1-10-8-17(9-11(2)19-10)13-4-3-12-7-15-5-6-18-14(12)16-13/h3-4,10-11,15H,5-9H2,1-2H3. The molecule has 0 radical (unpaired) electrons. The molecule has 2 unspecified atom stereocenters. The molecule has 0 aromatic carbocycles. The summed E-state index contributed by atoms with van der Waals surface area (Å²) in [4.78, 5) is 6.95. The molecule has 2 atom stereocenters. The van der Waals surface area contributed by atoms with E-state index in [1.54, 1.807) is 0 Å². The maximum absolute atomic E-state index is 5.76. The number of nitrogens with zero attached hydrogens (tertiary/aromatic N) is 2. The van der Waals surface area contributed by atoms with Crippen LogP contribution in [0.3, 0.4) is 0 Å². The lowest BCUT2D eigenvalue weighted by Crippen LogP contribution is -2.45. The smallest absolute Gasteiger partial charge is 0.219 e. The van der Waals surface area contributed by atoms with E-state index >= 15 is 0 Å². The van der Waals surface area contributed by atoms with Gasteiger partial charge in [0.15, 0.2) is 0 Å². The Hall–Kier alpha value is -1.33. The van der Waals surface area contributed by atoms with Crippen LogP contribution in [0.4, 0.5) is 5.82 Å². The minimum atomic E-state index is 0.243. The molecule has 0 spiro atoms. The van der Waals surface area contributed by atoms with E-state index in [1.165, 1.54) is 0 Å². The van der Waals surface area contributed by atoms with Gasteiger partial charge < -0.3 is 19.7 Å². The van der Waals surface area contributed by atoms with Crippen LogP contribution in [0, 0.1) is 0 Å². The SMILES string of the molecule is CC1CN(c2ccc3c(n2)OCCNC3)CC(C)O1. The molecule has 2 aliphatic rings. The van der Waals surface area contributed by atoms with Gasteiger partial charge in [0.1, 0.15) is 12.4 Å². The molecule has 1 fully saturated rings. The fraction of sp³-hybridized carbons (Fsp3) is 0.643. The molecular weight excluding hydrogens is 242 g/mol. The van der Waals surface area contributed by atoms with Crippen molar-refractivity contribution in [1.29, 1.82) is 0 Å². The lowest BCUT2D eigenvalue weighted by atomic mass is 10.2. The average Bonchev–Trinajstić information content (AvgIpc) is 2.61. The molecule has 1 N–H and O–H groups in total. The lowest BCUT2D eigenvalue weighted by Gasteiger charge is -2.36. The summed E-state index contributed by atoms with van der Waals surface area (Å²) in [5, 5.41) is 3.32. The van der Waals surface area contributed by atoms with E-state index in [1.807, 2.05) is 0 Å². The number of rotatable bonds is 1. The largest absolute Gasteiger partial charge is 0.476 e. The topological polar surface area (TPSA) is 46.6 Å². The van der Waals surface area contributed by atoms with Crippen LogP contribution in [0.25, 0.3) is 0 Å². The number of hydrogen-bond acceptors (Lipinski definition) is 5. The third kappa shape index (κ3) is 2.82. The monoisotopic (exact) mass is 263 g/mol. The van der Waals surface area contributed by atoms with E-state index in [-0.39, 0.29) is 12.2 Å². The number of nitrogens with one attached hydrogen (secondary N) is 1. The molecule has 0 amide bonds. The number of anilines is 1. The van der Waals surface area contributed by atoms with E-state index in [4.69, 9.17) is 9.47 Å². The first kappa shape index (κ1) is 12.7. The van der Waals surface area contributed by atoms with Crippen LogP contribution in [0.2, 0.25) is 0 Å². The van der Waals surface area contributed by atoms with Gasteiger partial charge in [-0.1, -0.05) is 0 Å². The van der Waals surface area contributed by atoms with Gasteiger partial charge in [-0.2, -0.15) is 4.98 Å². The molecule has 19 heavy (non-hydrogen) atoms. The van der Waals surface area contributed by atoms with E-state index < -0.39 is 0 Å². The maximum Gasteiger partial charge on any atom is 0.219 e. The predicted molar refractivity (Wildman–Crippen MR) is 73.7 cm³/mol. The zero-order chi connectivity index (χ0) is 13.2. The highest BCUT2D eigenvalue weighted by Crippen LogP contribution is 2.24. The summed E-state index contributed by atoms with van der Waals surface area (Å²) in [7, 11) is 0. The van der Waals surface area contributed by atoms with Crippen molar-refractivity contribution in [2.24, 2.45) is 0 Å². The Balaban J connectivity index is 1.83. The van der Waals surface area contributed by atoms with Crippen molar-refractivity contribution in [3.8, 4) is 5.88 Å². The third-order valence-electron chi connectivity index (χ3n) is 3.50. The normalized spacial score (nSPS) is 27.4. The van der Waals surface area contributed by atoms with E-state index in [0.29, 0.717) is 6.61 Å². The second kappa shape index (κ2) is 5.35. The molecule has 5 heteroatoms. The second-order valence-corrected chi connectivity index (χ2v) is 5.32. The van der Waals surface area contributed by atoms with Gasteiger partial charge in [0.25, 0.3) is 0 Å². The zero-order valence-electron chi connectivity index (χ0n) is 11.6. The molecule has 0 bridgehead atoms. The molecule has 3 rings (SSSR count). The molecule has 0 aliphatic carbocycles. The second-order valence-electron chi connectivity index (χ2n) is 5.32. The number of hydrogen-bond donors (Lipinski definition) is 1. The summed E-state index contributed by atoms with van der Waals surface area (Å²) in [5.41, 5.74) is 1.13. The number of fused-ring (bicyclic) bond motifs is 1. The highest BCUT2D eigenvalue weighted by atomic mass is 16.5. The number of ether oxygens (including phenoxy) is 2. The minimum absolute atomic E-state index is 0.243. The highest BCUT2D eigenvalue weighted by Gasteiger charge is 2.24. The summed E-state index contributed by atoms with van der Waals surface area (Å²) in [6.07, 6.45) is 0.485. The summed E-state index contributed by atoms with van der Waals surface area (Å²) in [6.45, 7) is 8.36. The highest BCUT2D eigenvalue weighted by molar-refractivity contribution is 5.45. The summed E-state index contributed by atoms with van der Waals surface area (Å²) in [6, 6.07) is 4.20. The van der Waals surface area contributed by atoms with Gasteiger partial charge >= 0.3 is 0 Å². The zero-order valence-corrected chi connectivity index (χ0v) is 11.6. The Morgan fingerprint density at radius 1 is 1.26 bits per heavy atom. The van der Waals surface area contributed by atoms with Crippen molar-refractivity contribution in [2.45, 2.75) is 32.6 Å². The first-order chi connectivity index (χ1) is 9.22. The molecule has 2 aliphatic heterocycles. The average molecular weight is 263 g/mol. The summed E-state index contributed by atoms with van der Waals surface area (Å²) in [5.74, 6) is 1.76. The van der Waals surface area contributed by atoms with Gasteiger partial charge in [0.05, 0.1) is 12.2 Å². The minimum Gasteiger partial charge on any atom is -0.476 e. The molecule has 104 valence electrons. The molecule has 3 heterocycles. The van der Waals surface area contributed by atoms with Crippen molar-refractivity contribution >= 4 is 5.82 Å². The molecule has 1 aromatic heterocycles. The molecular formula is C14H21N3O2. The number of aromatic nitrogens is 1. The van der Waals surface area contributed by atoms with Crippen LogP contribution in [-0.2, 0) is 11.3 Å². The number of pyridine rings is 1. The molecule has 5 nitrogen and oxygen atoms in total. The number of morpholine rings is 1. The fourth-order valence-electron chi connectivity index (χ4n) is 2.70. The van der Waals surface area contributed by atoms with Crippen LogP contribution in [0.5, 0.6) is 5.88 Å². The van der Waals surface area contributed by atoms with Crippen LogP contribution >= 0.6 is 0 Å². The van der Waals surface area contributed by atoms with Crippen molar-refractivity contribution in [3.63, 3.8) is 0 Å². The van der Waals surface area contributed by atoms with Crippen molar-refractivity contribution in [3.05, 3.63) is 17.7 Å². The summed E-state index contributed by atoms with van der Waals surface area (Å²) < 4.78 is 11.5. The summed E-state index contributed by atoms with van der Waals surface area (Å²) >= 11 is 0. The van der Waals surface area contributed by atoms with Crippen molar-refractivity contribution in [2.75, 3.05) is 31.1 Å². The Labute approximate surface area is 113 Å².